The number of benzene rings is 1. The Balaban J connectivity index is 2.71. The molecule has 0 aliphatic heterocycles. The molecule has 0 aliphatic rings. The number of likely N-dealkylation sites (N-methyl/N-ethyl adjacent to an activating group) is 1. The van der Waals surface area contributed by atoms with Crippen molar-refractivity contribution in [3.63, 3.8) is 0 Å². The van der Waals surface area contributed by atoms with Gasteiger partial charge in [-0.25, -0.2) is 0 Å². The van der Waals surface area contributed by atoms with Gasteiger partial charge in [0, 0.05) is 13.1 Å². The third kappa shape index (κ3) is 3.46. The highest BCUT2D eigenvalue weighted by Gasteiger charge is 2.20. The molecule has 6 nitrogen and oxygen atoms in total. The second-order valence-electron chi connectivity index (χ2n) is 3.58. The number of carbonyl (C=O) groups excluding carboxylic acids is 2. The normalized spacial score (nSPS) is 9.89. The van der Waals surface area contributed by atoms with Gasteiger partial charge in [0.15, 0.2) is 0 Å². The van der Waals surface area contributed by atoms with Gasteiger partial charge in [0.05, 0.1) is 12.3 Å². The van der Waals surface area contributed by atoms with E-state index in [1.807, 2.05) is 0 Å². The van der Waals surface area contributed by atoms with Gasteiger partial charge in [-0.3, -0.25) is 9.59 Å². The van der Waals surface area contributed by atoms with Crippen LogP contribution in [-0.2, 0) is 9.59 Å². The molecule has 0 bridgehead atoms. The van der Waals surface area contributed by atoms with Crippen LogP contribution in [0, 0.1) is 0 Å². The van der Waals surface area contributed by atoms with Crippen LogP contribution in [0.25, 0.3) is 0 Å². The number of rotatable bonds is 4. The lowest BCUT2D eigenvalue weighted by molar-refractivity contribution is -0.143. The predicted molar refractivity (Wildman–Crippen MR) is 66.1 cm³/mol. The molecule has 2 amide bonds. The molecular weight excluding hydrogens is 236 g/mol. The van der Waals surface area contributed by atoms with E-state index < -0.39 is 11.8 Å². The molecule has 0 atom stereocenters. The first-order valence-corrected chi connectivity index (χ1v) is 5.59. The molecule has 18 heavy (non-hydrogen) atoms. The predicted octanol–water partition coefficient (Wildman–Crippen LogP) is 0.171. The topological polar surface area (TPSA) is 89.9 Å². The zero-order valence-corrected chi connectivity index (χ0v) is 10.1. The van der Waals surface area contributed by atoms with Gasteiger partial charge in [-0.15, -0.1) is 0 Å². The number of aromatic hydroxyl groups is 1. The number of nitrogens with zero attached hydrogens (tertiary/aromatic N) is 1. The summed E-state index contributed by atoms with van der Waals surface area (Å²) in [6.45, 7) is 1.93. The van der Waals surface area contributed by atoms with E-state index in [2.05, 4.69) is 5.32 Å². The van der Waals surface area contributed by atoms with E-state index in [4.69, 9.17) is 5.11 Å². The summed E-state index contributed by atoms with van der Waals surface area (Å²) >= 11 is 0. The molecule has 0 aliphatic carbocycles. The van der Waals surface area contributed by atoms with Crippen molar-refractivity contribution in [1.29, 1.82) is 0 Å². The third-order valence-electron chi connectivity index (χ3n) is 2.39. The zero-order chi connectivity index (χ0) is 13.5. The van der Waals surface area contributed by atoms with Crippen molar-refractivity contribution in [3.05, 3.63) is 24.3 Å². The number of phenolic OH excluding ortho intramolecular Hbond substituents is 1. The van der Waals surface area contributed by atoms with Crippen molar-refractivity contribution in [1.82, 2.24) is 4.90 Å². The maximum absolute atomic E-state index is 11.7. The summed E-state index contributed by atoms with van der Waals surface area (Å²) in [4.78, 5) is 24.6. The summed E-state index contributed by atoms with van der Waals surface area (Å²) in [5, 5.41) is 20.5. The summed E-state index contributed by atoms with van der Waals surface area (Å²) < 4.78 is 0. The van der Waals surface area contributed by atoms with Gasteiger partial charge in [-0.2, -0.15) is 0 Å². The number of amides is 2. The van der Waals surface area contributed by atoms with Crippen molar-refractivity contribution in [3.8, 4) is 5.75 Å². The average Bonchev–Trinajstić information content (AvgIpc) is 2.37. The molecule has 0 radical (unpaired) electrons. The van der Waals surface area contributed by atoms with Crippen molar-refractivity contribution in [2.75, 3.05) is 25.0 Å². The minimum atomic E-state index is -0.841. The number of aliphatic hydroxyl groups is 1. The van der Waals surface area contributed by atoms with Gasteiger partial charge in [0.1, 0.15) is 5.75 Å². The number of carbonyl (C=O) groups is 2. The fourth-order valence-electron chi connectivity index (χ4n) is 1.42. The first kappa shape index (κ1) is 14.0. The standard InChI is InChI=1S/C12H16N2O4/c1-2-14(7-8-15)12(18)11(17)13-9-5-3-4-6-10(9)16/h3-6,15-16H,2,7-8H2,1H3,(H,13,17). The lowest BCUT2D eigenvalue weighted by Crippen LogP contribution is -2.41. The van der Waals surface area contributed by atoms with Crippen LogP contribution in [0.4, 0.5) is 5.69 Å². The molecule has 0 fully saturated rings. The quantitative estimate of drug-likeness (QED) is 0.526. The lowest BCUT2D eigenvalue weighted by Gasteiger charge is -2.18. The summed E-state index contributed by atoms with van der Waals surface area (Å²) in [7, 11) is 0. The summed E-state index contributed by atoms with van der Waals surface area (Å²) in [5.74, 6) is -1.69. The van der Waals surface area contributed by atoms with Crippen LogP contribution in [0.15, 0.2) is 24.3 Å². The van der Waals surface area contributed by atoms with Crippen molar-refractivity contribution >= 4 is 17.5 Å². The van der Waals surface area contributed by atoms with E-state index in [-0.39, 0.29) is 24.6 Å². The Morgan fingerprint density at radius 2 is 2.00 bits per heavy atom. The van der Waals surface area contributed by atoms with Gasteiger partial charge in [0.25, 0.3) is 0 Å². The molecule has 0 unspecified atom stereocenters. The van der Waals surface area contributed by atoms with E-state index in [0.29, 0.717) is 6.54 Å². The Morgan fingerprint density at radius 3 is 2.56 bits per heavy atom. The van der Waals surface area contributed by atoms with E-state index >= 15 is 0 Å². The molecule has 0 aromatic heterocycles. The smallest absolute Gasteiger partial charge is 0.314 e. The number of nitrogens with one attached hydrogen (secondary N) is 1. The number of phenols is 1. The Morgan fingerprint density at radius 1 is 1.33 bits per heavy atom. The third-order valence-corrected chi connectivity index (χ3v) is 2.39. The molecule has 0 saturated carbocycles. The maximum Gasteiger partial charge on any atom is 0.314 e. The highest BCUT2D eigenvalue weighted by atomic mass is 16.3. The largest absolute Gasteiger partial charge is 0.506 e. The van der Waals surface area contributed by atoms with Gasteiger partial charge in [-0.1, -0.05) is 12.1 Å². The summed E-state index contributed by atoms with van der Waals surface area (Å²) in [6, 6.07) is 6.14. The molecule has 3 N–H and O–H groups in total. The molecule has 1 aromatic rings. The lowest BCUT2D eigenvalue weighted by atomic mass is 10.3. The number of hydrogen-bond donors (Lipinski definition) is 3. The highest BCUT2D eigenvalue weighted by Crippen LogP contribution is 2.21. The fraction of sp³-hybridized carbons (Fsp3) is 0.333. The van der Waals surface area contributed by atoms with Crippen molar-refractivity contribution < 1.29 is 19.8 Å². The van der Waals surface area contributed by atoms with Crippen LogP contribution in [-0.4, -0.2) is 46.6 Å². The first-order chi connectivity index (χ1) is 8.60. The molecule has 98 valence electrons. The minimum Gasteiger partial charge on any atom is -0.506 e. The first-order valence-electron chi connectivity index (χ1n) is 5.59. The van der Waals surface area contributed by atoms with Gasteiger partial charge < -0.3 is 20.4 Å². The Labute approximate surface area is 105 Å². The molecular formula is C12H16N2O4. The van der Waals surface area contributed by atoms with Crippen LogP contribution in [0.3, 0.4) is 0 Å². The van der Waals surface area contributed by atoms with Crippen LogP contribution in [0.2, 0.25) is 0 Å². The highest BCUT2D eigenvalue weighted by molar-refractivity contribution is 6.39. The molecule has 6 heteroatoms. The Kier molecular flexibility index (Phi) is 5.13. The van der Waals surface area contributed by atoms with Crippen LogP contribution < -0.4 is 5.32 Å². The number of hydrogen-bond acceptors (Lipinski definition) is 4. The van der Waals surface area contributed by atoms with Crippen molar-refractivity contribution in [2.45, 2.75) is 6.92 Å². The summed E-state index contributed by atoms with van der Waals surface area (Å²) in [5.41, 5.74) is 0.177. The van der Waals surface area contributed by atoms with Gasteiger partial charge in [0.2, 0.25) is 0 Å². The Hall–Kier alpha value is -2.08. The van der Waals surface area contributed by atoms with Crippen LogP contribution in [0.1, 0.15) is 6.92 Å². The van der Waals surface area contributed by atoms with E-state index in [9.17, 15) is 14.7 Å². The molecule has 1 aromatic carbocycles. The number of anilines is 1. The fourth-order valence-corrected chi connectivity index (χ4v) is 1.42. The molecule has 0 saturated heterocycles. The number of aliphatic hydroxyl groups excluding tert-OH is 1. The van der Waals surface area contributed by atoms with E-state index in [1.165, 1.54) is 17.0 Å². The molecule has 0 heterocycles. The second kappa shape index (κ2) is 6.61. The number of para-hydroxylation sites is 2. The van der Waals surface area contributed by atoms with Crippen LogP contribution in [0.5, 0.6) is 5.75 Å². The van der Waals surface area contributed by atoms with Crippen LogP contribution >= 0.6 is 0 Å². The van der Waals surface area contributed by atoms with Gasteiger partial charge >= 0.3 is 11.8 Å². The molecule has 1 rings (SSSR count). The summed E-state index contributed by atoms with van der Waals surface area (Å²) in [6.07, 6.45) is 0. The Bertz CT molecular complexity index is 434. The maximum atomic E-state index is 11.7. The van der Waals surface area contributed by atoms with Crippen molar-refractivity contribution in [2.24, 2.45) is 0 Å². The monoisotopic (exact) mass is 252 g/mol. The minimum absolute atomic E-state index is 0.101. The van der Waals surface area contributed by atoms with E-state index in [0.717, 1.165) is 0 Å². The SMILES string of the molecule is CCN(CCO)C(=O)C(=O)Nc1ccccc1O. The second-order valence-corrected chi connectivity index (χ2v) is 3.58. The van der Waals surface area contributed by atoms with Gasteiger partial charge in [-0.05, 0) is 19.1 Å². The molecule has 0 spiro atoms. The zero-order valence-electron chi connectivity index (χ0n) is 10.1. The average molecular weight is 252 g/mol. The van der Waals surface area contributed by atoms with E-state index in [1.54, 1.807) is 19.1 Å².